The van der Waals surface area contributed by atoms with Crippen molar-refractivity contribution in [3.63, 3.8) is 0 Å². The number of benzene rings is 3. The largest absolute Gasteiger partial charge is 0.340 e. The number of hydrogen-bond acceptors (Lipinski definition) is 5. The summed E-state index contributed by atoms with van der Waals surface area (Å²) in [6.45, 7) is 4.02. The van der Waals surface area contributed by atoms with Gasteiger partial charge < -0.3 is 9.47 Å². The first-order valence-corrected chi connectivity index (χ1v) is 13.0. The molecule has 34 heavy (non-hydrogen) atoms. The standard InChI is InChI=1S/C28H31NO4S/c1-4-26-22-11-7-8-12-23(22)27(5-2)33-28(32-26)24-13-9-6-10-21(24)25(18-29(30)31)19-14-16-20(34-3)17-15-19/h6-17,25-28H,4-5,18H2,1-3H3/t25-,26-,27-/m0/s1. The Morgan fingerprint density at radius 1 is 0.853 bits per heavy atom. The molecule has 1 aliphatic heterocycles. The van der Waals surface area contributed by atoms with E-state index < -0.39 is 12.2 Å². The topological polar surface area (TPSA) is 61.6 Å². The van der Waals surface area contributed by atoms with Crippen molar-refractivity contribution >= 4 is 11.8 Å². The summed E-state index contributed by atoms with van der Waals surface area (Å²) in [4.78, 5) is 12.6. The molecule has 3 atom stereocenters. The molecule has 1 aliphatic rings. The fourth-order valence-electron chi connectivity index (χ4n) is 4.76. The van der Waals surface area contributed by atoms with Crippen molar-refractivity contribution < 1.29 is 14.4 Å². The molecule has 0 aromatic heterocycles. The van der Waals surface area contributed by atoms with Gasteiger partial charge in [-0.2, -0.15) is 0 Å². The fraction of sp³-hybridized carbons (Fsp3) is 0.357. The van der Waals surface area contributed by atoms with Crippen LogP contribution in [0.1, 0.15) is 78.9 Å². The Hall–Kier alpha value is -2.67. The predicted octanol–water partition coefficient (Wildman–Crippen LogP) is 7.46. The quantitative estimate of drug-likeness (QED) is 0.191. The minimum atomic E-state index is -0.613. The Bertz CT molecular complexity index is 1080. The number of nitrogens with zero attached hydrogens (tertiary/aromatic N) is 1. The van der Waals surface area contributed by atoms with Crippen LogP contribution in [0.15, 0.2) is 77.7 Å². The molecule has 3 aromatic rings. The van der Waals surface area contributed by atoms with Gasteiger partial charge in [-0.05, 0) is 53.5 Å². The molecule has 0 spiro atoms. The number of ether oxygens (including phenoxy) is 2. The molecule has 0 fully saturated rings. The molecule has 0 aliphatic carbocycles. The lowest BCUT2D eigenvalue weighted by atomic mass is 9.88. The second-order valence-corrected chi connectivity index (χ2v) is 9.38. The van der Waals surface area contributed by atoms with Gasteiger partial charge in [0.25, 0.3) is 0 Å². The average Bonchev–Trinajstić information content (AvgIpc) is 3.04. The normalized spacial score (nSPS) is 19.3. The van der Waals surface area contributed by atoms with Gasteiger partial charge in [0.05, 0.1) is 18.1 Å². The Labute approximate surface area is 205 Å². The van der Waals surface area contributed by atoms with Crippen LogP contribution in [-0.2, 0) is 9.47 Å². The van der Waals surface area contributed by atoms with Gasteiger partial charge in [0.2, 0.25) is 6.54 Å². The Balaban J connectivity index is 1.77. The molecule has 0 unspecified atom stereocenters. The first kappa shape index (κ1) is 24.5. The number of rotatable bonds is 8. The van der Waals surface area contributed by atoms with Crippen molar-refractivity contribution in [2.75, 3.05) is 12.8 Å². The molecule has 178 valence electrons. The molecule has 0 radical (unpaired) electrons. The molecular formula is C28H31NO4S. The van der Waals surface area contributed by atoms with Crippen molar-refractivity contribution in [3.05, 3.63) is 111 Å². The lowest BCUT2D eigenvalue weighted by Gasteiger charge is -2.27. The molecule has 6 heteroatoms. The number of nitro groups is 1. The van der Waals surface area contributed by atoms with E-state index in [0.29, 0.717) is 0 Å². The van der Waals surface area contributed by atoms with Gasteiger partial charge in [-0.15, -0.1) is 11.8 Å². The number of thioether (sulfide) groups is 1. The molecule has 1 heterocycles. The number of hydrogen-bond donors (Lipinski definition) is 0. The van der Waals surface area contributed by atoms with Crippen molar-refractivity contribution in [1.29, 1.82) is 0 Å². The van der Waals surface area contributed by atoms with E-state index in [1.807, 2.05) is 66.9 Å². The maximum Gasteiger partial charge on any atom is 0.214 e. The zero-order valence-corrected chi connectivity index (χ0v) is 20.7. The monoisotopic (exact) mass is 477 g/mol. The molecule has 0 saturated carbocycles. The van der Waals surface area contributed by atoms with Crippen LogP contribution in [-0.4, -0.2) is 17.7 Å². The van der Waals surface area contributed by atoms with Crippen LogP contribution in [0.3, 0.4) is 0 Å². The summed E-state index contributed by atoms with van der Waals surface area (Å²) in [5.41, 5.74) is 4.96. The summed E-state index contributed by atoms with van der Waals surface area (Å²) in [6.07, 6.45) is 2.80. The third-order valence-corrected chi connectivity index (χ3v) is 7.23. The van der Waals surface area contributed by atoms with E-state index in [4.69, 9.17) is 9.47 Å². The summed E-state index contributed by atoms with van der Waals surface area (Å²) < 4.78 is 13.2. The summed E-state index contributed by atoms with van der Waals surface area (Å²) in [5.74, 6) is -0.403. The molecule has 5 nitrogen and oxygen atoms in total. The van der Waals surface area contributed by atoms with Crippen LogP contribution in [0, 0.1) is 10.1 Å². The zero-order valence-electron chi connectivity index (χ0n) is 19.8. The van der Waals surface area contributed by atoms with Crippen LogP contribution in [0.2, 0.25) is 0 Å². The van der Waals surface area contributed by atoms with E-state index in [1.165, 1.54) is 0 Å². The first-order valence-electron chi connectivity index (χ1n) is 11.8. The van der Waals surface area contributed by atoms with Crippen molar-refractivity contribution in [1.82, 2.24) is 0 Å². The smallest absolute Gasteiger partial charge is 0.214 e. The second kappa shape index (κ2) is 11.2. The third-order valence-electron chi connectivity index (χ3n) is 6.48. The van der Waals surface area contributed by atoms with Gasteiger partial charge in [-0.1, -0.05) is 74.5 Å². The van der Waals surface area contributed by atoms with Crippen LogP contribution in [0.4, 0.5) is 0 Å². The zero-order chi connectivity index (χ0) is 24.1. The highest BCUT2D eigenvalue weighted by Crippen LogP contribution is 2.44. The van der Waals surface area contributed by atoms with Gasteiger partial charge in [-0.25, -0.2) is 0 Å². The van der Waals surface area contributed by atoms with Crippen molar-refractivity contribution in [3.8, 4) is 0 Å². The van der Waals surface area contributed by atoms with E-state index in [0.717, 1.165) is 45.6 Å². The van der Waals surface area contributed by atoms with Gasteiger partial charge >= 0.3 is 0 Å². The second-order valence-electron chi connectivity index (χ2n) is 8.50. The summed E-state index contributed by atoms with van der Waals surface area (Å²) >= 11 is 1.65. The van der Waals surface area contributed by atoms with Crippen molar-refractivity contribution in [2.45, 2.75) is 56.0 Å². The highest BCUT2D eigenvalue weighted by molar-refractivity contribution is 7.98. The van der Waals surface area contributed by atoms with E-state index >= 15 is 0 Å². The lowest BCUT2D eigenvalue weighted by molar-refractivity contribution is -0.481. The van der Waals surface area contributed by atoms with Crippen LogP contribution >= 0.6 is 11.8 Å². The summed E-state index contributed by atoms with van der Waals surface area (Å²) in [6, 6.07) is 24.2. The van der Waals surface area contributed by atoms with Gasteiger partial charge in [0, 0.05) is 15.4 Å². The average molecular weight is 478 g/mol. The number of fused-ring (bicyclic) bond motifs is 1. The van der Waals surface area contributed by atoms with E-state index in [2.05, 4.69) is 26.0 Å². The molecule has 3 aromatic carbocycles. The van der Waals surface area contributed by atoms with E-state index in [1.54, 1.807) is 11.8 Å². The Morgan fingerprint density at radius 2 is 1.38 bits per heavy atom. The van der Waals surface area contributed by atoms with E-state index in [-0.39, 0.29) is 23.7 Å². The predicted molar refractivity (Wildman–Crippen MR) is 136 cm³/mol. The highest BCUT2D eigenvalue weighted by Gasteiger charge is 2.33. The van der Waals surface area contributed by atoms with Gasteiger partial charge in [0.1, 0.15) is 0 Å². The Morgan fingerprint density at radius 3 is 1.88 bits per heavy atom. The molecular weight excluding hydrogens is 446 g/mol. The van der Waals surface area contributed by atoms with Gasteiger partial charge in [-0.3, -0.25) is 10.1 Å². The molecule has 0 saturated heterocycles. The maximum atomic E-state index is 11.7. The SMILES string of the molecule is CC[C@@H]1OC(c2ccccc2[C@@H](C[N+](=O)[O-])c2ccc(SC)cc2)O[C@@H](CC)c2ccccc21. The van der Waals surface area contributed by atoms with Crippen LogP contribution in [0.25, 0.3) is 0 Å². The fourth-order valence-corrected chi connectivity index (χ4v) is 5.17. The summed E-state index contributed by atoms with van der Waals surface area (Å²) in [5, 5.41) is 11.7. The summed E-state index contributed by atoms with van der Waals surface area (Å²) in [7, 11) is 0. The molecule has 0 bridgehead atoms. The lowest BCUT2D eigenvalue weighted by Crippen LogP contribution is -2.19. The molecule has 0 N–H and O–H groups in total. The third kappa shape index (κ3) is 5.19. The van der Waals surface area contributed by atoms with Crippen LogP contribution in [0.5, 0.6) is 0 Å². The molecule has 4 rings (SSSR count). The first-order chi connectivity index (χ1) is 16.5. The maximum absolute atomic E-state index is 11.7. The van der Waals surface area contributed by atoms with Crippen LogP contribution < -0.4 is 0 Å². The van der Waals surface area contributed by atoms with E-state index in [9.17, 15) is 10.1 Å². The molecule has 0 amide bonds. The minimum absolute atomic E-state index is 0.111. The van der Waals surface area contributed by atoms with Crippen molar-refractivity contribution in [2.24, 2.45) is 0 Å². The van der Waals surface area contributed by atoms with Gasteiger partial charge in [0.15, 0.2) is 6.29 Å². The highest BCUT2D eigenvalue weighted by atomic mass is 32.2. The minimum Gasteiger partial charge on any atom is -0.340 e. The Kier molecular flexibility index (Phi) is 8.03.